The second-order valence-corrected chi connectivity index (χ2v) is 9.62. The van der Waals surface area contributed by atoms with Crippen LogP contribution in [0.4, 0.5) is 5.69 Å². The van der Waals surface area contributed by atoms with Crippen molar-refractivity contribution < 1.29 is 29.0 Å². The Balaban J connectivity index is 1.79. The van der Waals surface area contributed by atoms with E-state index in [0.29, 0.717) is 30.0 Å². The van der Waals surface area contributed by atoms with Crippen molar-refractivity contribution in [2.75, 3.05) is 24.7 Å². The summed E-state index contributed by atoms with van der Waals surface area (Å²) in [5.41, 5.74) is -0.580. The minimum Gasteiger partial charge on any atom is -0.461 e. The van der Waals surface area contributed by atoms with Crippen LogP contribution in [0.15, 0.2) is 49.6 Å². The average Bonchev–Trinajstić information content (AvgIpc) is 3.50. The molecule has 188 valence electrons. The zero-order valence-electron chi connectivity index (χ0n) is 19.8. The Kier molecular flexibility index (Phi) is 7.35. The molecule has 9 heteroatoms. The first kappa shape index (κ1) is 25.4. The number of hydrogen-bond donors (Lipinski definition) is 1. The van der Waals surface area contributed by atoms with Crippen LogP contribution < -0.4 is 4.90 Å². The van der Waals surface area contributed by atoms with Gasteiger partial charge in [0, 0.05) is 17.3 Å². The summed E-state index contributed by atoms with van der Waals surface area (Å²) in [6, 6.07) is 5.22. The van der Waals surface area contributed by atoms with Crippen molar-refractivity contribution >= 4 is 35.1 Å². The van der Waals surface area contributed by atoms with Gasteiger partial charge in [0.1, 0.15) is 18.2 Å². The largest absolute Gasteiger partial charge is 0.461 e. The molecular formula is C26H31ClN2O6. The lowest BCUT2D eigenvalue weighted by molar-refractivity contribution is -0.154. The van der Waals surface area contributed by atoms with E-state index < -0.39 is 41.6 Å². The average molecular weight is 503 g/mol. The van der Waals surface area contributed by atoms with Gasteiger partial charge < -0.3 is 24.4 Å². The number of aliphatic hydroxyl groups excluding tert-OH is 1. The van der Waals surface area contributed by atoms with Gasteiger partial charge in [0.25, 0.3) is 5.91 Å². The summed E-state index contributed by atoms with van der Waals surface area (Å²) in [5, 5.41) is 10.7. The van der Waals surface area contributed by atoms with E-state index in [4.69, 9.17) is 21.1 Å². The summed E-state index contributed by atoms with van der Waals surface area (Å²) in [4.78, 5) is 44.1. The van der Waals surface area contributed by atoms with Gasteiger partial charge in [-0.3, -0.25) is 14.4 Å². The van der Waals surface area contributed by atoms with Gasteiger partial charge in [0.2, 0.25) is 5.91 Å². The van der Waals surface area contributed by atoms with Crippen LogP contribution in [0, 0.1) is 11.8 Å². The van der Waals surface area contributed by atoms with Crippen molar-refractivity contribution in [1.82, 2.24) is 4.90 Å². The van der Waals surface area contributed by atoms with E-state index >= 15 is 0 Å². The van der Waals surface area contributed by atoms with Crippen molar-refractivity contribution in [2.24, 2.45) is 11.8 Å². The maximum absolute atomic E-state index is 14.2. The van der Waals surface area contributed by atoms with E-state index in [1.807, 2.05) is 6.92 Å². The Morgan fingerprint density at radius 1 is 1.34 bits per heavy atom. The molecule has 2 bridgehead atoms. The van der Waals surface area contributed by atoms with Crippen molar-refractivity contribution in [3.63, 3.8) is 0 Å². The number of carbonyl (C=O) groups excluding carboxylic acids is 3. The number of esters is 1. The van der Waals surface area contributed by atoms with Crippen molar-refractivity contribution in [3.05, 3.63) is 54.6 Å². The maximum atomic E-state index is 14.2. The van der Waals surface area contributed by atoms with Gasteiger partial charge in [-0.05, 0) is 43.5 Å². The Hall–Kier alpha value is -2.68. The number of anilines is 1. The first-order valence-electron chi connectivity index (χ1n) is 11.9. The maximum Gasteiger partial charge on any atom is 0.312 e. The number of halogens is 1. The molecule has 0 saturated carbocycles. The summed E-state index contributed by atoms with van der Waals surface area (Å²) >= 11 is 6.05. The van der Waals surface area contributed by atoms with Gasteiger partial charge in [0.15, 0.2) is 0 Å². The zero-order chi connectivity index (χ0) is 25.3. The molecule has 3 heterocycles. The molecule has 1 spiro atoms. The van der Waals surface area contributed by atoms with E-state index in [1.165, 1.54) is 15.9 Å². The molecule has 35 heavy (non-hydrogen) atoms. The number of fused-ring (bicyclic) bond motifs is 1. The predicted octanol–water partition coefficient (Wildman–Crippen LogP) is 2.73. The molecule has 3 saturated heterocycles. The van der Waals surface area contributed by atoms with E-state index in [9.17, 15) is 19.5 Å². The molecule has 2 amide bonds. The lowest BCUT2D eigenvalue weighted by Crippen LogP contribution is -2.59. The molecule has 0 aliphatic carbocycles. The summed E-state index contributed by atoms with van der Waals surface area (Å²) in [6.45, 7) is 9.12. The van der Waals surface area contributed by atoms with Crippen molar-refractivity contribution in [3.8, 4) is 0 Å². The first-order valence-corrected chi connectivity index (χ1v) is 12.3. The predicted molar refractivity (Wildman–Crippen MR) is 131 cm³/mol. The number of ether oxygens (including phenoxy) is 2. The third-order valence-corrected chi connectivity index (χ3v) is 7.63. The van der Waals surface area contributed by atoms with E-state index in [1.54, 1.807) is 30.3 Å². The smallest absolute Gasteiger partial charge is 0.312 e. The second-order valence-electron chi connectivity index (χ2n) is 9.18. The highest BCUT2D eigenvalue weighted by atomic mass is 35.5. The standard InChI is InChI=1S/C26H31ClN2O6/c1-4-13-28(18-9-7-16(27)8-10-18)24(32)22-26-12-11-19(35-26)20(25(33)34-14-5-2)21(26)23(31)29(22)17(6-3)15-30/h4-5,7-10,17,19-22,30H,1-2,6,11-15H2,3H3/t17-,19+,20-,21-,22?,26?/m0/s1. The fourth-order valence-corrected chi connectivity index (χ4v) is 6.03. The van der Waals surface area contributed by atoms with Gasteiger partial charge >= 0.3 is 5.97 Å². The quantitative estimate of drug-likeness (QED) is 0.390. The molecule has 2 unspecified atom stereocenters. The number of nitrogens with zero attached hydrogens (tertiary/aromatic N) is 2. The molecule has 0 radical (unpaired) electrons. The molecular weight excluding hydrogens is 472 g/mol. The number of rotatable bonds is 10. The van der Waals surface area contributed by atoms with Crippen LogP contribution in [0.5, 0.6) is 0 Å². The number of amides is 2. The van der Waals surface area contributed by atoms with Crippen LogP contribution in [0.3, 0.4) is 0 Å². The van der Waals surface area contributed by atoms with E-state index in [0.717, 1.165) is 0 Å². The van der Waals surface area contributed by atoms with Crippen LogP contribution in [-0.4, -0.2) is 71.3 Å². The molecule has 0 aromatic heterocycles. The molecule has 8 nitrogen and oxygen atoms in total. The minimum absolute atomic E-state index is 0.0277. The second kappa shape index (κ2) is 10.1. The fraction of sp³-hybridized carbons (Fsp3) is 0.500. The van der Waals surface area contributed by atoms with Crippen LogP contribution in [-0.2, 0) is 23.9 Å². The molecule has 3 fully saturated rings. The highest BCUT2D eigenvalue weighted by Crippen LogP contribution is 2.59. The van der Waals surface area contributed by atoms with Crippen molar-refractivity contribution in [2.45, 2.75) is 50.0 Å². The van der Waals surface area contributed by atoms with Crippen LogP contribution in [0.1, 0.15) is 26.2 Å². The Bertz CT molecular complexity index is 1010. The summed E-state index contributed by atoms with van der Waals surface area (Å²) in [7, 11) is 0. The Labute approximate surface area is 210 Å². The highest BCUT2D eigenvalue weighted by molar-refractivity contribution is 6.30. The molecule has 4 rings (SSSR count). The molecule has 1 aromatic carbocycles. The van der Waals surface area contributed by atoms with Gasteiger partial charge in [-0.2, -0.15) is 0 Å². The van der Waals surface area contributed by atoms with Crippen LogP contribution in [0.2, 0.25) is 5.02 Å². The summed E-state index contributed by atoms with van der Waals surface area (Å²) in [6.07, 6.45) is 4.00. The molecule has 6 atom stereocenters. The normalized spacial score (nSPS) is 29.6. The van der Waals surface area contributed by atoms with Gasteiger partial charge in [-0.25, -0.2) is 0 Å². The zero-order valence-corrected chi connectivity index (χ0v) is 20.5. The Morgan fingerprint density at radius 2 is 2.06 bits per heavy atom. The fourth-order valence-electron chi connectivity index (χ4n) is 5.90. The summed E-state index contributed by atoms with van der Waals surface area (Å²) in [5.74, 6) is -2.90. The molecule has 3 aliphatic heterocycles. The minimum atomic E-state index is -1.18. The van der Waals surface area contributed by atoms with E-state index in [2.05, 4.69) is 13.2 Å². The van der Waals surface area contributed by atoms with Gasteiger partial charge in [0.05, 0.1) is 30.6 Å². The monoisotopic (exact) mass is 502 g/mol. The molecule has 1 N–H and O–H groups in total. The number of benzene rings is 1. The van der Waals surface area contributed by atoms with Gasteiger partial charge in [-0.15, -0.1) is 6.58 Å². The highest BCUT2D eigenvalue weighted by Gasteiger charge is 2.75. The third-order valence-electron chi connectivity index (χ3n) is 7.38. The topological polar surface area (TPSA) is 96.4 Å². The SMILES string of the molecule is C=CCOC(=O)[C@@H]1[C@H]2C(=O)N([C@@H](CC)CO)C(C(=O)N(CC=C)c3ccc(Cl)cc3)C23CC[C@H]1O3. The number of aliphatic hydroxyl groups is 1. The number of likely N-dealkylation sites (tertiary alicyclic amines) is 1. The molecule has 3 aliphatic rings. The lowest BCUT2D eigenvalue weighted by Gasteiger charge is -2.39. The lowest BCUT2D eigenvalue weighted by atomic mass is 9.70. The van der Waals surface area contributed by atoms with Crippen LogP contribution >= 0.6 is 11.6 Å². The number of carbonyl (C=O) groups is 3. The Morgan fingerprint density at radius 3 is 2.66 bits per heavy atom. The van der Waals surface area contributed by atoms with Gasteiger partial charge in [-0.1, -0.05) is 37.3 Å². The summed E-state index contributed by atoms with van der Waals surface area (Å²) < 4.78 is 11.7. The molecule has 1 aromatic rings. The van der Waals surface area contributed by atoms with E-state index in [-0.39, 0.29) is 31.6 Å². The third kappa shape index (κ3) is 4.07. The van der Waals surface area contributed by atoms with Crippen LogP contribution in [0.25, 0.3) is 0 Å². The van der Waals surface area contributed by atoms with Crippen molar-refractivity contribution in [1.29, 1.82) is 0 Å². The number of hydrogen-bond acceptors (Lipinski definition) is 6. The first-order chi connectivity index (χ1) is 16.8.